The molecule has 0 fully saturated rings. The maximum atomic E-state index is 14.3. The molecular formula is C34H34N4O5S2. The normalized spacial score (nSPS) is 16.1. The largest absolute Gasteiger partial charge is 0.497 e. The standard InChI is InChI=1S/C34H34N4O5S2/c1-7-43-33(40)29-19(3)36-34-38(30(29)24-16-22(41-5)12-13-26(24)42-6)31(39)28(45-34)15-21-14-18(2)37(20(21)4)32-25(17-35)23-10-8-9-11-27(23)44-32/h12-16,30H,7-11H2,1-6H3/b28-15+/t30-/m0/s1. The van der Waals surface area contributed by atoms with Crippen molar-refractivity contribution in [3.05, 3.63) is 93.7 Å². The lowest BCUT2D eigenvalue weighted by Crippen LogP contribution is -2.40. The number of hydrogen-bond donors (Lipinski definition) is 0. The van der Waals surface area contributed by atoms with E-state index in [0.717, 1.165) is 53.2 Å². The molecule has 4 aromatic rings. The van der Waals surface area contributed by atoms with Crippen molar-refractivity contribution >= 4 is 34.7 Å². The Kier molecular flexibility index (Phi) is 8.29. The molecule has 0 spiro atoms. The molecule has 6 rings (SSSR count). The Morgan fingerprint density at radius 2 is 1.91 bits per heavy atom. The highest BCUT2D eigenvalue weighted by Gasteiger charge is 2.35. The number of methoxy groups -OCH3 is 2. The van der Waals surface area contributed by atoms with Crippen LogP contribution in [-0.4, -0.2) is 35.9 Å². The topological polar surface area (TPSA) is 108 Å². The van der Waals surface area contributed by atoms with Crippen LogP contribution in [0.25, 0.3) is 11.1 Å². The zero-order valence-electron chi connectivity index (χ0n) is 26.1. The smallest absolute Gasteiger partial charge is 0.338 e. The lowest BCUT2D eigenvalue weighted by Gasteiger charge is -2.26. The van der Waals surface area contributed by atoms with E-state index in [1.54, 1.807) is 62.2 Å². The zero-order chi connectivity index (χ0) is 32.0. The van der Waals surface area contributed by atoms with Gasteiger partial charge in [0.05, 0.1) is 42.2 Å². The third-order valence-electron chi connectivity index (χ3n) is 8.47. The van der Waals surface area contributed by atoms with Crippen molar-refractivity contribution in [2.75, 3.05) is 20.8 Å². The summed E-state index contributed by atoms with van der Waals surface area (Å²) in [6.07, 6.45) is 6.08. The van der Waals surface area contributed by atoms with E-state index in [1.165, 1.54) is 21.8 Å². The summed E-state index contributed by atoms with van der Waals surface area (Å²) in [4.78, 5) is 34.1. The summed E-state index contributed by atoms with van der Waals surface area (Å²) in [5, 5.41) is 11.1. The van der Waals surface area contributed by atoms with E-state index in [4.69, 9.17) is 19.2 Å². The van der Waals surface area contributed by atoms with Crippen LogP contribution < -0.4 is 24.4 Å². The summed E-state index contributed by atoms with van der Waals surface area (Å²) >= 11 is 2.97. The molecule has 0 amide bonds. The zero-order valence-corrected chi connectivity index (χ0v) is 27.8. The fourth-order valence-corrected chi connectivity index (χ4v) is 8.84. The van der Waals surface area contributed by atoms with Crippen LogP contribution in [0.1, 0.15) is 71.2 Å². The first-order valence-corrected chi connectivity index (χ1v) is 16.5. The first-order valence-electron chi connectivity index (χ1n) is 14.9. The molecule has 0 radical (unpaired) electrons. The van der Waals surface area contributed by atoms with Crippen molar-refractivity contribution in [2.24, 2.45) is 4.99 Å². The second-order valence-corrected chi connectivity index (χ2v) is 13.2. The number of nitriles is 1. The molecule has 1 atom stereocenters. The number of ether oxygens (including phenoxy) is 3. The lowest BCUT2D eigenvalue weighted by atomic mass is 9.94. The molecule has 4 heterocycles. The van der Waals surface area contributed by atoms with Crippen LogP contribution in [0.15, 0.2) is 45.3 Å². The molecule has 1 aliphatic carbocycles. The minimum Gasteiger partial charge on any atom is -0.497 e. The molecule has 232 valence electrons. The third-order valence-corrected chi connectivity index (χ3v) is 10.7. The van der Waals surface area contributed by atoms with Gasteiger partial charge < -0.3 is 18.8 Å². The van der Waals surface area contributed by atoms with Crippen molar-refractivity contribution in [1.29, 1.82) is 5.26 Å². The number of fused-ring (bicyclic) bond motifs is 2. The van der Waals surface area contributed by atoms with E-state index < -0.39 is 12.0 Å². The van der Waals surface area contributed by atoms with E-state index in [9.17, 15) is 14.9 Å². The average molecular weight is 643 g/mol. The van der Waals surface area contributed by atoms with Gasteiger partial charge in [0, 0.05) is 21.8 Å². The highest BCUT2D eigenvalue weighted by atomic mass is 32.1. The van der Waals surface area contributed by atoms with E-state index in [0.29, 0.717) is 32.1 Å². The van der Waals surface area contributed by atoms with E-state index in [-0.39, 0.29) is 17.7 Å². The Hall–Kier alpha value is -4.40. The van der Waals surface area contributed by atoms with Gasteiger partial charge in [-0.15, -0.1) is 11.3 Å². The molecular weight excluding hydrogens is 609 g/mol. The fraction of sp³-hybridized carbons (Fsp3) is 0.353. The van der Waals surface area contributed by atoms with Gasteiger partial charge in [-0.3, -0.25) is 9.36 Å². The van der Waals surface area contributed by atoms with Crippen molar-refractivity contribution in [2.45, 2.75) is 59.4 Å². The second kappa shape index (κ2) is 12.2. The van der Waals surface area contributed by atoms with Crippen LogP contribution in [0.5, 0.6) is 11.5 Å². The summed E-state index contributed by atoms with van der Waals surface area (Å²) in [5.41, 5.74) is 5.81. The minimum atomic E-state index is -0.837. The molecule has 9 nitrogen and oxygen atoms in total. The molecule has 0 unspecified atom stereocenters. The predicted octanol–water partition coefficient (Wildman–Crippen LogP) is 5.04. The average Bonchev–Trinajstić information content (AvgIpc) is 3.65. The minimum absolute atomic E-state index is 0.179. The molecule has 0 bridgehead atoms. The Labute approximate surface area is 268 Å². The number of benzene rings is 1. The van der Waals surface area contributed by atoms with Gasteiger partial charge in [0.1, 0.15) is 28.6 Å². The Bertz CT molecular complexity index is 2100. The van der Waals surface area contributed by atoms with Crippen LogP contribution in [0.3, 0.4) is 0 Å². The summed E-state index contributed by atoms with van der Waals surface area (Å²) < 4.78 is 20.8. The first-order chi connectivity index (χ1) is 21.7. The van der Waals surface area contributed by atoms with Gasteiger partial charge in [-0.05, 0) is 94.8 Å². The van der Waals surface area contributed by atoms with Crippen molar-refractivity contribution in [1.82, 2.24) is 9.13 Å². The Morgan fingerprint density at radius 3 is 2.62 bits per heavy atom. The van der Waals surface area contributed by atoms with Gasteiger partial charge in [-0.1, -0.05) is 11.3 Å². The maximum absolute atomic E-state index is 14.3. The third kappa shape index (κ3) is 5.12. The van der Waals surface area contributed by atoms with Gasteiger partial charge >= 0.3 is 5.97 Å². The molecule has 1 aromatic carbocycles. The predicted molar refractivity (Wildman–Crippen MR) is 174 cm³/mol. The number of esters is 1. The lowest BCUT2D eigenvalue weighted by molar-refractivity contribution is -0.139. The number of hydrogen-bond acceptors (Lipinski definition) is 9. The van der Waals surface area contributed by atoms with Crippen LogP contribution in [0.4, 0.5) is 0 Å². The molecule has 11 heteroatoms. The van der Waals surface area contributed by atoms with Crippen LogP contribution in [-0.2, 0) is 22.4 Å². The van der Waals surface area contributed by atoms with Gasteiger partial charge in [0.15, 0.2) is 4.80 Å². The summed E-state index contributed by atoms with van der Waals surface area (Å²) in [5.74, 6) is 0.519. The molecule has 3 aromatic heterocycles. The number of carbonyl (C=O) groups excluding carboxylic acids is 1. The molecule has 1 aliphatic heterocycles. The van der Waals surface area contributed by atoms with Crippen molar-refractivity contribution in [3.63, 3.8) is 0 Å². The molecule has 2 aliphatic rings. The van der Waals surface area contributed by atoms with Gasteiger partial charge in [-0.2, -0.15) is 5.26 Å². The Morgan fingerprint density at radius 1 is 1.13 bits per heavy atom. The first kappa shape index (κ1) is 30.6. The van der Waals surface area contributed by atoms with Gasteiger partial charge in [0.25, 0.3) is 5.56 Å². The fourth-order valence-electron chi connectivity index (χ4n) is 6.35. The van der Waals surface area contributed by atoms with Crippen LogP contribution in [0.2, 0.25) is 0 Å². The van der Waals surface area contributed by atoms with Crippen LogP contribution >= 0.6 is 22.7 Å². The highest BCUT2D eigenvalue weighted by molar-refractivity contribution is 7.15. The van der Waals surface area contributed by atoms with E-state index in [1.807, 2.05) is 26.0 Å². The van der Waals surface area contributed by atoms with Crippen molar-refractivity contribution in [3.8, 4) is 22.6 Å². The molecule has 0 saturated heterocycles. The number of thiophene rings is 1. The maximum Gasteiger partial charge on any atom is 0.338 e. The van der Waals surface area contributed by atoms with E-state index in [2.05, 4.69) is 10.6 Å². The van der Waals surface area contributed by atoms with Gasteiger partial charge in [-0.25, -0.2) is 9.79 Å². The number of aryl methyl sites for hydroxylation is 2. The molecule has 0 saturated carbocycles. The van der Waals surface area contributed by atoms with Gasteiger partial charge in [0.2, 0.25) is 0 Å². The van der Waals surface area contributed by atoms with Crippen LogP contribution in [0, 0.1) is 25.2 Å². The highest BCUT2D eigenvalue weighted by Crippen LogP contribution is 2.39. The molecule has 0 N–H and O–H groups in total. The SMILES string of the molecule is CCOC(=O)C1=C(C)N=c2s/c(=C/c3cc(C)n(-c4sc5c(c4C#N)CCCC5)c3C)c(=O)n2[C@H]1c1cc(OC)ccc1OC. The molecule has 45 heavy (non-hydrogen) atoms. The quantitative estimate of drug-likeness (QED) is 0.262. The summed E-state index contributed by atoms with van der Waals surface area (Å²) in [7, 11) is 3.11. The number of rotatable bonds is 7. The number of nitrogens with zero attached hydrogens (tertiary/aromatic N) is 4. The Balaban J connectivity index is 1.54. The summed E-state index contributed by atoms with van der Waals surface area (Å²) in [6, 6.07) is 8.99. The number of allylic oxidation sites excluding steroid dienone is 1. The number of thiazole rings is 1. The van der Waals surface area contributed by atoms with Crippen molar-refractivity contribution < 1.29 is 19.0 Å². The summed E-state index contributed by atoms with van der Waals surface area (Å²) in [6.45, 7) is 7.71. The number of aromatic nitrogens is 2. The van der Waals surface area contributed by atoms with E-state index >= 15 is 0 Å². The monoisotopic (exact) mass is 642 g/mol. The second-order valence-electron chi connectivity index (χ2n) is 11.1. The number of carbonyl (C=O) groups is 1.